The van der Waals surface area contributed by atoms with Gasteiger partial charge < -0.3 is 9.15 Å². The zero-order valence-electron chi connectivity index (χ0n) is 13.5. The van der Waals surface area contributed by atoms with Crippen LogP contribution in [0.2, 0.25) is 0 Å². The molecule has 0 aliphatic heterocycles. The molecule has 0 fully saturated rings. The molecule has 0 radical (unpaired) electrons. The zero-order chi connectivity index (χ0) is 18.0. The minimum atomic E-state index is -0.741. The quantitative estimate of drug-likeness (QED) is 0.569. The second-order valence-electron chi connectivity index (χ2n) is 5.09. The number of hydrogen-bond donors (Lipinski definition) is 1. The average molecular weight is 358 g/mol. The van der Waals surface area contributed by atoms with Gasteiger partial charge in [0.05, 0.1) is 12.3 Å². The number of carbonyl (C=O) groups excluding carboxylic acids is 2. The number of nitrogens with one attached hydrogen (secondary N) is 1. The summed E-state index contributed by atoms with van der Waals surface area (Å²) in [5.41, 5.74) is -0.0256. The van der Waals surface area contributed by atoms with Gasteiger partial charge in [0, 0.05) is 5.39 Å². The van der Waals surface area contributed by atoms with Crippen molar-refractivity contribution in [3.8, 4) is 0 Å². The number of nitrogens with zero attached hydrogens (tertiary/aromatic N) is 1. The number of benzene rings is 1. The molecule has 2 heterocycles. The summed E-state index contributed by atoms with van der Waals surface area (Å²) >= 11 is 0.990. The number of rotatable bonds is 4. The first-order valence-corrected chi connectivity index (χ1v) is 8.30. The Hall–Kier alpha value is -3.00. The highest BCUT2D eigenvalue weighted by atomic mass is 32.1. The summed E-state index contributed by atoms with van der Waals surface area (Å²) in [5, 5.41) is 3.36. The van der Waals surface area contributed by atoms with E-state index in [2.05, 4.69) is 10.3 Å². The molecule has 1 aromatic carbocycles. The normalized spacial score (nSPS) is 10.6. The highest BCUT2D eigenvalue weighted by molar-refractivity contribution is 7.17. The van der Waals surface area contributed by atoms with Gasteiger partial charge in [-0.2, -0.15) is 0 Å². The number of anilines is 1. The van der Waals surface area contributed by atoms with Gasteiger partial charge in [0.2, 0.25) is 0 Å². The molecule has 0 aliphatic rings. The standard InChI is InChI=1S/C17H14N2O5S/c1-3-23-16(22)13-9(2)18-17(25-13)19-14(20)11-8-10-6-4-5-7-12(10)24-15(11)21/h4-8H,3H2,1-2H3,(H,18,19,20). The number of esters is 1. The Bertz CT molecular complexity index is 1020. The molecule has 0 spiro atoms. The molecule has 8 heteroatoms. The van der Waals surface area contributed by atoms with E-state index in [9.17, 15) is 14.4 Å². The third kappa shape index (κ3) is 3.43. The average Bonchev–Trinajstić information content (AvgIpc) is 2.94. The maximum Gasteiger partial charge on any atom is 0.350 e. The lowest BCUT2D eigenvalue weighted by Gasteiger charge is -2.02. The lowest BCUT2D eigenvalue weighted by molar-refractivity contribution is 0.0531. The number of thiazole rings is 1. The molecule has 25 heavy (non-hydrogen) atoms. The zero-order valence-corrected chi connectivity index (χ0v) is 14.3. The van der Waals surface area contributed by atoms with Crippen LogP contribution >= 0.6 is 11.3 Å². The second-order valence-corrected chi connectivity index (χ2v) is 6.09. The molecular weight excluding hydrogens is 344 g/mol. The summed E-state index contributed by atoms with van der Waals surface area (Å²) in [6.45, 7) is 3.59. The number of amides is 1. The minimum absolute atomic E-state index is 0.135. The summed E-state index contributed by atoms with van der Waals surface area (Å²) in [4.78, 5) is 40.6. The Kier molecular flexibility index (Phi) is 4.62. The van der Waals surface area contributed by atoms with E-state index >= 15 is 0 Å². The fraction of sp³-hybridized carbons (Fsp3) is 0.176. The van der Waals surface area contributed by atoms with Crippen molar-refractivity contribution in [2.24, 2.45) is 0 Å². The topological polar surface area (TPSA) is 98.5 Å². The largest absolute Gasteiger partial charge is 0.462 e. The number of ether oxygens (including phenoxy) is 1. The first kappa shape index (κ1) is 16.8. The lowest BCUT2D eigenvalue weighted by atomic mass is 10.2. The van der Waals surface area contributed by atoms with Crippen LogP contribution in [0.5, 0.6) is 0 Å². The first-order valence-electron chi connectivity index (χ1n) is 7.48. The molecule has 128 valence electrons. The Morgan fingerprint density at radius 3 is 2.84 bits per heavy atom. The van der Waals surface area contributed by atoms with E-state index < -0.39 is 17.5 Å². The fourth-order valence-electron chi connectivity index (χ4n) is 2.22. The summed E-state index contributed by atoms with van der Waals surface area (Å²) in [6.07, 6.45) is 0. The SMILES string of the molecule is CCOC(=O)c1sc(NC(=O)c2cc3ccccc3oc2=O)nc1C. The van der Waals surface area contributed by atoms with E-state index in [1.165, 1.54) is 6.07 Å². The van der Waals surface area contributed by atoms with Crippen LogP contribution in [0, 0.1) is 6.92 Å². The highest BCUT2D eigenvalue weighted by Gasteiger charge is 2.19. The third-order valence-electron chi connectivity index (χ3n) is 3.36. The Labute approximate surface area is 146 Å². The monoisotopic (exact) mass is 358 g/mol. The first-order chi connectivity index (χ1) is 12.0. The van der Waals surface area contributed by atoms with Crippen molar-refractivity contribution < 1.29 is 18.7 Å². The predicted molar refractivity (Wildman–Crippen MR) is 93.2 cm³/mol. The van der Waals surface area contributed by atoms with E-state index in [-0.39, 0.29) is 17.3 Å². The number of aryl methyl sites for hydroxylation is 1. The van der Waals surface area contributed by atoms with E-state index in [4.69, 9.17) is 9.15 Å². The molecule has 3 aromatic rings. The summed E-state index contributed by atoms with van der Waals surface area (Å²) in [7, 11) is 0. The van der Waals surface area contributed by atoms with Gasteiger partial charge in [0.25, 0.3) is 5.91 Å². The van der Waals surface area contributed by atoms with E-state index in [1.54, 1.807) is 38.1 Å². The van der Waals surface area contributed by atoms with Crippen LogP contribution in [0.15, 0.2) is 39.5 Å². The van der Waals surface area contributed by atoms with Crippen LogP contribution in [0.1, 0.15) is 32.6 Å². The Morgan fingerprint density at radius 2 is 2.08 bits per heavy atom. The Morgan fingerprint density at radius 1 is 1.32 bits per heavy atom. The Balaban J connectivity index is 1.88. The summed E-state index contributed by atoms with van der Waals surface area (Å²) in [5.74, 6) is -1.15. The third-order valence-corrected chi connectivity index (χ3v) is 4.42. The van der Waals surface area contributed by atoms with Crippen LogP contribution in [0.4, 0.5) is 5.13 Å². The molecule has 1 amide bonds. The lowest BCUT2D eigenvalue weighted by Crippen LogP contribution is -2.20. The molecular formula is C17H14N2O5S. The van der Waals surface area contributed by atoms with E-state index in [0.717, 1.165) is 11.3 Å². The van der Waals surface area contributed by atoms with Crippen LogP contribution in [0.25, 0.3) is 11.0 Å². The van der Waals surface area contributed by atoms with Gasteiger partial charge in [-0.3, -0.25) is 10.1 Å². The smallest absolute Gasteiger partial charge is 0.350 e. The molecule has 0 bridgehead atoms. The molecule has 2 aromatic heterocycles. The fourth-order valence-corrected chi connectivity index (χ4v) is 3.08. The van der Waals surface area contributed by atoms with Crippen molar-refractivity contribution in [1.82, 2.24) is 4.98 Å². The van der Waals surface area contributed by atoms with Gasteiger partial charge in [0.1, 0.15) is 16.0 Å². The molecule has 0 saturated heterocycles. The minimum Gasteiger partial charge on any atom is -0.462 e. The van der Waals surface area contributed by atoms with Gasteiger partial charge in [-0.1, -0.05) is 29.5 Å². The van der Waals surface area contributed by atoms with Gasteiger partial charge in [0.15, 0.2) is 5.13 Å². The van der Waals surface area contributed by atoms with Crippen LogP contribution in [0.3, 0.4) is 0 Å². The van der Waals surface area contributed by atoms with Crippen molar-refractivity contribution in [3.63, 3.8) is 0 Å². The number of hydrogen-bond acceptors (Lipinski definition) is 7. The van der Waals surface area contributed by atoms with Gasteiger partial charge in [-0.05, 0) is 26.0 Å². The van der Waals surface area contributed by atoms with E-state index in [0.29, 0.717) is 21.5 Å². The van der Waals surface area contributed by atoms with Crippen LogP contribution < -0.4 is 10.9 Å². The van der Waals surface area contributed by atoms with Crippen LogP contribution in [-0.2, 0) is 4.74 Å². The number of carbonyl (C=O) groups is 2. The van der Waals surface area contributed by atoms with Crippen molar-refractivity contribution in [2.75, 3.05) is 11.9 Å². The molecule has 0 saturated carbocycles. The molecule has 0 unspecified atom stereocenters. The van der Waals surface area contributed by atoms with Gasteiger partial charge >= 0.3 is 11.6 Å². The van der Waals surface area contributed by atoms with Gasteiger partial charge in [-0.25, -0.2) is 14.6 Å². The van der Waals surface area contributed by atoms with E-state index in [1.807, 2.05) is 0 Å². The summed E-state index contributed by atoms with van der Waals surface area (Å²) < 4.78 is 10.1. The maximum absolute atomic E-state index is 12.4. The van der Waals surface area contributed by atoms with Crippen molar-refractivity contribution >= 4 is 39.3 Å². The van der Waals surface area contributed by atoms with Crippen molar-refractivity contribution in [1.29, 1.82) is 0 Å². The van der Waals surface area contributed by atoms with Crippen molar-refractivity contribution in [3.05, 3.63) is 56.9 Å². The van der Waals surface area contributed by atoms with Crippen LogP contribution in [-0.4, -0.2) is 23.5 Å². The molecule has 1 N–H and O–H groups in total. The molecule has 0 aliphatic carbocycles. The molecule has 3 rings (SSSR count). The number of fused-ring (bicyclic) bond motifs is 1. The number of para-hydroxylation sites is 1. The van der Waals surface area contributed by atoms with Crippen molar-refractivity contribution in [2.45, 2.75) is 13.8 Å². The summed E-state index contributed by atoms with van der Waals surface area (Å²) in [6, 6.07) is 8.36. The molecule has 0 atom stereocenters. The van der Waals surface area contributed by atoms with Gasteiger partial charge in [-0.15, -0.1) is 0 Å². The number of aromatic nitrogens is 1. The highest BCUT2D eigenvalue weighted by Crippen LogP contribution is 2.24. The second kappa shape index (κ2) is 6.86. The molecule has 7 nitrogen and oxygen atoms in total. The predicted octanol–water partition coefficient (Wildman–Crippen LogP) is 2.99. The maximum atomic E-state index is 12.4.